The molecule has 3 amide bonds. The smallest absolute Gasteiger partial charge is 0.253 e. The Bertz CT molecular complexity index is 1110. The van der Waals surface area contributed by atoms with E-state index in [1.165, 1.54) is 6.92 Å². The van der Waals surface area contributed by atoms with Crippen molar-refractivity contribution < 1.29 is 14.4 Å². The number of benzene rings is 2. The fraction of sp³-hybridized carbons (Fsp3) is 0.240. The fourth-order valence-electron chi connectivity index (χ4n) is 3.90. The van der Waals surface area contributed by atoms with Crippen LogP contribution in [0.25, 0.3) is 5.69 Å². The number of nitrogens with one attached hydrogen (secondary N) is 1. The van der Waals surface area contributed by atoms with Crippen molar-refractivity contribution in [3.05, 3.63) is 84.2 Å². The molecule has 4 rings (SSSR count). The number of nitrogens with zero attached hydrogens (tertiary/aromatic N) is 3. The van der Waals surface area contributed by atoms with Crippen LogP contribution >= 0.6 is 0 Å². The van der Waals surface area contributed by atoms with Gasteiger partial charge in [-0.3, -0.25) is 14.4 Å². The highest BCUT2D eigenvalue weighted by Gasteiger charge is 2.23. The Morgan fingerprint density at radius 3 is 2.00 bits per heavy atom. The van der Waals surface area contributed by atoms with E-state index in [-0.39, 0.29) is 17.7 Å². The largest absolute Gasteiger partial charge is 0.337 e. The topological polar surface area (TPSA) is 74.7 Å². The lowest BCUT2D eigenvalue weighted by molar-refractivity contribution is -0.114. The summed E-state index contributed by atoms with van der Waals surface area (Å²) in [7, 11) is 0. The molecule has 1 fully saturated rings. The molecule has 1 saturated heterocycles. The van der Waals surface area contributed by atoms with Gasteiger partial charge >= 0.3 is 0 Å². The van der Waals surface area contributed by atoms with Crippen molar-refractivity contribution >= 4 is 23.4 Å². The van der Waals surface area contributed by atoms with E-state index in [1.54, 1.807) is 29.2 Å². The maximum absolute atomic E-state index is 13.0. The standard InChI is InChI=1S/C25H26N4O3/c1-19(30)26-22-7-4-6-21(18-22)25(32)29-15-5-14-28(16-17-29)24(31)20-8-10-23(11-9-20)27-12-2-3-13-27/h2-4,6-13,18H,5,14-17H2,1H3,(H,26,30). The molecule has 7 nitrogen and oxygen atoms in total. The van der Waals surface area contributed by atoms with Gasteiger partial charge in [-0.25, -0.2) is 0 Å². The van der Waals surface area contributed by atoms with Crippen LogP contribution in [0.2, 0.25) is 0 Å². The first-order valence-corrected chi connectivity index (χ1v) is 10.7. The molecule has 1 aliphatic heterocycles. The lowest BCUT2D eigenvalue weighted by Crippen LogP contribution is -2.37. The Hall–Kier alpha value is -3.87. The third-order valence-corrected chi connectivity index (χ3v) is 5.52. The second-order valence-corrected chi connectivity index (χ2v) is 7.84. The molecule has 164 valence electrons. The molecule has 0 bridgehead atoms. The maximum atomic E-state index is 13.0. The first kappa shape index (κ1) is 21.4. The van der Waals surface area contributed by atoms with Gasteiger partial charge < -0.3 is 19.7 Å². The van der Waals surface area contributed by atoms with Crippen LogP contribution in [0.4, 0.5) is 5.69 Å². The van der Waals surface area contributed by atoms with Crippen molar-refractivity contribution in [1.29, 1.82) is 0 Å². The first-order valence-electron chi connectivity index (χ1n) is 10.7. The molecule has 0 spiro atoms. The van der Waals surface area contributed by atoms with Crippen LogP contribution in [-0.4, -0.2) is 58.3 Å². The third kappa shape index (κ3) is 4.88. The monoisotopic (exact) mass is 430 g/mol. The minimum absolute atomic E-state index is 0.0222. The number of anilines is 1. The lowest BCUT2D eigenvalue weighted by atomic mass is 10.1. The van der Waals surface area contributed by atoms with Crippen LogP contribution in [0.3, 0.4) is 0 Å². The summed E-state index contributed by atoms with van der Waals surface area (Å²) < 4.78 is 1.99. The SMILES string of the molecule is CC(=O)Nc1cccc(C(=O)N2CCCN(C(=O)c3ccc(-n4cccc4)cc3)CC2)c1. The van der Waals surface area contributed by atoms with Gasteiger partial charge in [-0.15, -0.1) is 0 Å². The summed E-state index contributed by atoms with van der Waals surface area (Å²) in [5.74, 6) is -0.298. The highest BCUT2D eigenvalue weighted by atomic mass is 16.2. The molecule has 1 N–H and O–H groups in total. The van der Waals surface area contributed by atoms with Crippen molar-refractivity contribution in [1.82, 2.24) is 14.4 Å². The zero-order chi connectivity index (χ0) is 22.5. The molecule has 0 aliphatic carbocycles. The number of rotatable bonds is 4. The van der Waals surface area contributed by atoms with E-state index in [9.17, 15) is 14.4 Å². The fourth-order valence-corrected chi connectivity index (χ4v) is 3.90. The van der Waals surface area contributed by atoms with E-state index in [1.807, 2.05) is 58.3 Å². The minimum Gasteiger partial charge on any atom is -0.337 e. The lowest BCUT2D eigenvalue weighted by Gasteiger charge is -2.22. The van der Waals surface area contributed by atoms with Crippen molar-refractivity contribution in [3.8, 4) is 5.69 Å². The summed E-state index contributed by atoms with van der Waals surface area (Å²) in [4.78, 5) is 40.9. The van der Waals surface area contributed by atoms with E-state index in [0.29, 0.717) is 49.4 Å². The van der Waals surface area contributed by atoms with E-state index in [4.69, 9.17) is 0 Å². The van der Waals surface area contributed by atoms with E-state index < -0.39 is 0 Å². The van der Waals surface area contributed by atoms with Crippen molar-refractivity contribution in [2.75, 3.05) is 31.5 Å². The summed E-state index contributed by atoms with van der Waals surface area (Å²) in [6.45, 7) is 3.57. The molecule has 1 aromatic heterocycles. The Balaban J connectivity index is 1.40. The maximum Gasteiger partial charge on any atom is 0.253 e. The van der Waals surface area contributed by atoms with Crippen LogP contribution in [0.15, 0.2) is 73.1 Å². The number of carbonyl (C=O) groups is 3. The van der Waals surface area contributed by atoms with Gasteiger partial charge in [0.2, 0.25) is 5.91 Å². The number of hydrogen-bond acceptors (Lipinski definition) is 3. The quantitative estimate of drug-likeness (QED) is 0.689. The number of hydrogen-bond donors (Lipinski definition) is 1. The minimum atomic E-state index is -0.181. The van der Waals surface area contributed by atoms with Gasteiger partial charge in [-0.2, -0.15) is 0 Å². The van der Waals surface area contributed by atoms with Crippen LogP contribution in [0, 0.1) is 0 Å². The molecular weight excluding hydrogens is 404 g/mol. The highest BCUT2D eigenvalue weighted by molar-refractivity contribution is 5.97. The van der Waals surface area contributed by atoms with Crippen molar-refractivity contribution in [2.24, 2.45) is 0 Å². The summed E-state index contributed by atoms with van der Waals surface area (Å²) in [6, 6.07) is 18.4. The molecule has 0 radical (unpaired) electrons. The van der Waals surface area contributed by atoms with Gasteiger partial charge in [0.15, 0.2) is 0 Å². The van der Waals surface area contributed by atoms with E-state index >= 15 is 0 Å². The molecule has 7 heteroatoms. The van der Waals surface area contributed by atoms with Crippen LogP contribution in [0.5, 0.6) is 0 Å². The summed E-state index contributed by atoms with van der Waals surface area (Å²) >= 11 is 0. The van der Waals surface area contributed by atoms with Crippen LogP contribution in [0.1, 0.15) is 34.1 Å². The molecule has 0 saturated carbocycles. The molecule has 3 aromatic rings. The Labute approximate surface area is 187 Å². The number of carbonyl (C=O) groups excluding carboxylic acids is 3. The predicted octanol–water partition coefficient (Wildman–Crippen LogP) is 3.42. The van der Waals surface area contributed by atoms with E-state index in [0.717, 1.165) is 5.69 Å². The molecule has 1 aliphatic rings. The number of aromatic nitrogens is 1. The average molecular weight is 431 g/mol. The summed E-state index contributed by atoms with van der Waals surface area (Å²) in [6.07, 6.45) is 4.64. The second kappa shape index (κ2) is 9.51. The molecule has 2 aromatic carbocycles. The number of amides is 3. The zero-order valence-electron chi connectivity index (χ0n) is 18.0. The first-order chi connectivity index (χ1) is 15.5. The third-order valence-electron chi connectivity index (χ3n) is 5.52. The van der Waals surface area contributed by atoms with Gasteiger partial charge in [0.25, 0.3) is 11.8 Å². The molecular formula is C25H26N4O3. The second-order valence-electron chi connectivity index (χ2n) is 7.84. The van der Waals surface area contributed by atoms with Crippen LogP contribution < -0.4 is 5.32 Å². The highest BCUT2D eigenvalue weighted by Crippen LogP contribution is 2.16. The molecule has 2 heterocycles. The predicted molar refractivity (Wildman–Crippen MR) is 123 cm³/mol. The molecule has 32 heavy (non-hydrogen) atoms. The van der Waals surface area contributed by atoms with E-state index in [2.05, 4.69) is 5.32 Å². The zero-order valence-corrected chi connectivity index (χ0v) is 18.0. The van der Waals surface area contributed by atoms with Gasteiger partial charge in [0.1, 0.15) is 0 Å². The summed E-state index contributed by atoms with van der Waals surface area (Å²) in [5.41, 5.74) is 2.76. The molecule has 0 atom stereocenters. The van der Waals surface area contributed by atoms with Gasteiger partial charge in [0.05, 0.1) is 0 Å². The van der Waals surface area contributed by atoms with Crippen molar-refractivity contribution in [2.45, 2.75) is 13.3 Å². The van der Waals surface area contributed by atoms with Gasteiger partial charge in [0, 0.05) is 68.0 Å². The van der Waals surface area contributed by atoms with Gasteiger partial charge in [-0.05, 0) is 61.0 Å². The van der Waals surface area contributed by atoms with Gasteiger partial charge in [-0.1, -0.05) is 6.07 Å². The average Bonchev–Trinajstić information content (AvgIpc) is 3.23. The molecule has 0 unspecified atom stereocenters. The summed E-state index contributed by atoms with van der Waals surface area (Å²) in [5, 5.41) is 2.70. The van der Waals surface area contributed by atoms with Crippen LogP contribution in [-0.2, 0) is 4.79 Å². The normalized spacial score (nSPS) is 14.0. The Morgan fingerprint density at radius 2 is 1.38 bits per heavy atom. The van der Waals surface area contributed by atoms with Crippen molar-refractivity contribution in [3.63, 3.8) is 0 Å². The Morgan fingerprint density at radius 1 is 0.750 bits per heavy atom. The Kier molecular flexibility index (Phi) is 6.35.